The maximum Gasteiger partial charge on any atom is 0.277 e. The van der Waals surface area contributed by atoms with Gasteiger partial charge < -0.3 is 0 Å². The van der Waals surface area contributed by atoms with Crippen molar-refractivity contribution in [1.82, 2.24) is 0 Å². The summed E-state index contributed by atoms with van der Waals surface area (Å²) in [7, 11) is 0. The Labute approximate surface area is 104 Å². The van der Waals surface area contributed by atoms with Crippen molar-refractivity contribution in [3.63, 3.8) is 0 Å². The second kappa shape index (κ2) is 4.55. The number of benzene rings is 2. The maximum absolute atomic E-state index is 11.0. The molecule has 0 aromatic heterocycles. The molecule has 0 saturated heterocycles. The van der Waals surface area contributed by atoms with E-state index < -0.39 is 0 Å². The summed E-state index contributed by atoms with van der Waals surface area (Å²) in [4.78, 5) is 10.6. The molecule has 17 heavy (non-hydrogen) atoms. The molecule has 4 heteroatoms. The van der Waals surface area contributed by atoms with E-state index in [1.807, 2.05) is 6.92 Å². The number of nitro groups is 1. The SMILES string of the molecule is Cc1ccc([N+](=O)[O-])c(-c2ccc(Cl)cc2)c1. The summed E-state index contributed by atoms with van der Waals surface area (Å²) in [5, 5.41) is 11.6. The number of rotatable bonds is 2. The fourth-order valence-corrected chi connectivity index (χ4v) is 1.80. The van der Waals surface area contributed by atoms with E-state index in [2.05, 4.69) is 0 Å². The summed E-state index contributed by atoms with van der Waals surface area (Å²) in [6.45, 7) is 1.91. The second-order valence-electron chi connectivity index (χ2n) is 3.78. The number of halogens is 1. The molecule has 0 saturated carbocycles. The van der Waals surface area contributed by atoms with Crippen LogP contribution in [0.2, 0.25) is 5.02 Å². The zero-order valence-electron chi connectivity index (χ0n) is 9.18. The third kappa shape index (κ3) is 2.45. The lowest BCUT2D eigenvalue weighted by Gasteiger charge is -2.04. The lowest BCUT2D eigenvalue weighted by Crippen LogP contribution is -1.92. The zero-order valence-corrected chi connectivity index (χ0v) is 9.94. The topological polar surface area (TPSA) is 43.1 Å². The van der Waals surface area contributed by atoms with Crippen LogP contribution in [-0.4, -0.2) is 4.92 Å². The Kier molecular flexibility index (Phi) is 3.11. The molecular formula is C13H10ClNO2. The van der Waals surface area contributed by atoms with E-state index in [1.54, 1.807) is 36.4 Å². The van der Waals surface area contributed by atoms with E-state index >= 15 is 0 Å². The van der Waals surface area contributed by atoms with E-state index in [0.29, 0.717) is 10.6 Å². The molecule has 0 aliphatic heterocycles. The van der Waals surface area contributed by atoms with Crippen LogP contribution in [0.4, 0.5) is 5.69 Å². The van der Waals surface area contributed by atoms with Crippen molar-refractivity contribution in [2.45, 2.75) is 6.92 Å². The highest BCUT2D eigenvalue weighted by Crippen LogP contribution is 2.31. The molecule has 0 aliphatic carbocycles. The van der Waals surface area contributed by atoms with Crippen LogP contribution in [0.3, 0.4) is 0 Å². The van der Waals surface area contributed by atoms with Crippen molar-refractivity contribution >= 4 is 17.3 Å². The first-order valence-electron chi connectivity index (χ1n) is 5.09. The Bertz CT molecular complexity index is 564. The smallest absolute Gasteiger partial charge is 0.258 e. The molecule has 0 N–H and O–H groups in total. The van der Waals surface area contributed by atoms with E-state index in [4.69, 9.17) is 11.6 Å². The summed E-state index contributed by atoms with van der Waals surface area (Å²) in [5.74, 6) is 0. The molecule has 2 aromatic rings. The van der Waals surface area contributed by atoms with Gasteiger partial charge in [0, 0.05) is 11.1 Å². The van der Waals surface area contributed by atoms with Gasteiger partial charge in [-0.05, 0) is 30.7 Å². The molecule has 0 radical (unpaired) electrons. The zero-order chi connectivity index (χ0) is 12.4. The predicted molar refractivity (Wildman–Crippen MR) is 68.3 cm³/mol. The number of nitro benzene ring substituents is 1. The molecule has 0 aliphatic rings. The minimum atomic E-state index is -0.372. The van der Waals surface area contributed by atoms with Crippen molar-refractivity contribution < 1.29 is 4.92 Å². The Morgan fingerprint density at radius 1 is 1.12 bits per heavy atom. The molecule has 2 aromatic carbocycles. The lowest BCUT2D eigenvalue weighted by molar-refractivity contribution is -0.384. The fraction of sp³-hybridized carbons (Fsp3) is 0.0769. The third-order valence-corrected chi connectivity index (χ3v) is 2.76. The number of nitrogens with zero attached hydrogens (tertiary/aromatic N) is 1. The van der Waals surface area contributed by atoms with Crippen LogP contribution < -0.4 is 0 Å². The highest BCUT2D eigenvalue weighted by atomic mass is 35.5. The van der Waals surface area contributed by atoms with Gasteiger partial charge in [0.05, 0.1) is 10.5 Å². The average Bonchev–Trinajstić information content (AvgIpc) is 2.29. The van der Waals surface area contributed by atoms with Gasteiger partial charge in [-0.25, -0.2) is 0 Å². The third-order valence-electron chi connectivity index (χ3n) is 2.50. The van der Waals surface area contributed by atoms with Gasteiger partial charge in [0.25, 0.3) is 5.69 Å². The number of hydrogen-bond acceptors (Lipinski definition) is 2. The highest BCUT2D eigenvalue weighted by molar-refractivity contribution is 6.30. The largest absolute Gasteiger partial charge is 0.277 e. The minimum Gasteiger partial charge on any atom is -0.258 e. The van der Waals surface area contributed by atoms with Gasteiger partial charge in [0.2, 0.25) is 0 Å². The van der Waals surface area contributed by atoms with Gasteiger partial charge in [-0.15, -0.1) is 0 Å². The van der Waals surface area contributed by atoms with Crippen LogP contribution in [-0.2, 0) is 0 Å². The van der Waals surface area contributed by atoms with Gasteiger partial charge in [-0.2, -0.15) is 0 Å². The van der Waals surface area contributed by atoms with Crippen LogP contribution in [0, 0.1) is 17.0 Å². The van der Waals surface area contributed by atoms with Gasteiger partial charge in [0.15, 0.2) is 0 Å². The Balaban J connectivity index is 2.60. The molecule has 0 fully saturated rings. The molecule has 0 heterocycles. The molecule has 0 spiro atoms. The second-order valence-corrected chi connectivity index (χ2v) is 4.22. The van der Waals surface area contributed by atoms with Crippen LogP contribution in [0.1, 0.15) is 5.56 Å². The van der Waals surface area contributed by atoms with Crippen molar-refractivity contribution in [2.75, 3.05) is 0 Å². The first-order valence-corrected chi connectivity index (χ1v) is 5.47. The summed E-state index contributed by atoms with van der Waals surface area (Å²) in [6.07, 6.45) is 0. The molecule has 86 valence electrons. The molecule has 0 amide bonds. The van der Waals surface area contributed by atoms with Crippen LogP contribution >= 0.6 is 11.6 Å². The van der Waals surface area contributed by atoms with Crippen LogP contribution in [0.15, 0.2) is 42.5 Å². The van der Waals surface area contributed by atoms with E-state index in [-0.39, 0.29) is 10.6 Å². The average molecular weight is 248 g/mol. The number of hydrogen-bond donors (Lipinski definition) is 0. The number of aryl methyl sites for hydroxylation is 1. The van der Waals surface area contributed by atoms with Crippen molar-refractivity contribution in [3.8, 4) is 11.1 Å². The molecule has 2 rings (SSSR count). The molecule has 3 nitrogen and oxygen atoms in total. The summed E-state index contributed by atoms with van der Waals surface area (Å²) < 4.78 is 0. The quantitative estimate of drug-likeness (QED) is 0.589. The highest BCUT2D eigenvalue weighted by Gasteiger charge is 2.14. The summed E-state index contributed by atoms with van der Waals surface area (Å²) in [5.41, 5.74) is 2.51. The minimum absolute atomic E-state index is 0.109. The Morgan fingerprint density at radius 2 is 1.76 bits per heavy atom. The normalized spacial score (nSPS) is 10.2. The summed E-state index contributed by atoms with van der Waals surface area (Å²) in [6, 6.07) is 12.1. The lowest BCUT2D eigenvalue weighted by atomic mass is 10.0. The van der Waals surface area contributed by atoms with Crippen molar-refractivity contribution in [3.05, 3.63) is 63.2 Å². The molecule has 0 bridgehead atoms. The molecule has 0 atom stereocenters. The summed E-state index contributed by atoms with van der Waals surface area (Å²) >= 11 is 5.80. The van der Waals surface area contributed by atoms with Crippen molar-refractivity contribution in [1.29, 1.82) is 0 Å². The van der Waals surface area contributed by atoms with E-state index in [1.165, 1.54) is 6.07 Å². The van der Waals surface area contributed by atoms with Crippen LogP contribution in [0.5, 0.6) is 0 Å². The van der Waals surface area contributed by atoms with Gasteiger partial charge in [0.1, 0.15) is 0 Å². The molecular weight excluding hydrogens is 238 g/mol. The fourth-order valence-electron chi connectivity index (χ4n) is 1.67. The monoisotopic (exact) mass is 247 g/mol. The maximum atomic E-state index is 11.0. The van der Waals surface area contributed by atoms with Crippen LogP contribution in [0.25, 0.3) is 11.1 Å². The first kappa shape index (κ1) is 11.6. The Morgan fingerprint density at radius 3 is 2.35 bits per heavy atom. The van der Waals surface area contributed by atoms with E-state index in [9.17, 15) is 10.1 Å². The molecule has 0 unspecified atom stereocenters. The predicted octanol–water partition coefficient (Wildman–Crippen LogP) is 4.22. The van der Waals surface area contributed by atoms with Gasteiger partial charge in [-0.1, -0.05) is 35.4 Å². The van der Waals surface area contributed by atoms with Gasteiger partial charge >= 0.3 is 0 Å². The van der Waals surface area contributed by atoms with E-state index in [0.717, 1.165) is 11.1 Å². The standard InChI is InChI=1S/C13H10ClNO2/c1-9-2-7-13(15(16)17)12(8-9)10-3-5-11(14)6-4-10/h2-8H,1H3. The van der Waals surface area contributed by atoms with Gasteiger partial charge in [-0.3, -0.25) is 10.1 Å². The first-order chi connectivity index (χ1) is 8.08. The van der Waals surface area contributed by atoms with Crippen molar-refractivity contribution in [2.24, 2.45) is 0 Å². The Hall–Kier alpha value is -1.87.